The first kappa shape index (κ1) is 19.2. The number of ether oxygens (including phenoxy) is 1. The van der Waals surface area contributed by atoms with E-state index in [1.54, 1.807) is 37.0 Å². The smallest absolute Gasteiger partial charge is 0.348 e. The second-order valence-electron chi connectivity index (χ2n) is 4.83. The molecule has 128 valence electrons. The fourth-order valence-corrected chi connectivity index (χ4v) is 2.60. The molecule has 0 spiro atoms. The van der Waals surface area contributed by atoms with Gasteiger partial charge in [-0.15, -0.1) is 11.3 Å². The van der Waals surface area contributed by atoms with Gasteiger partial charge in [-0.3, -0.25) is 4.79 Å². The van der Waals surface area contributed by atoms with Crippen LogP contribution in [0.5, 0.6) is 0 Å². The van der Waals surface area contributed by atoms with Crippen LogP contribution in [0.2, 0.25) is 0 Å². The molecule has 0 amide bonds. The van der Waals surface area contributed by atoms with Crippen molar-refractivity contribution in [1.82, 2.24) is 9.88 Å². The third kappa shape index (κ3) is 5.13. The second kappa shape index (κ2) is 8.73. The highest BCUT2D eigenvalue weighted by Gasteiger charge is 2.07. The highest BCUT2D eigenvalue weighted by Crippen LogP contribution is 2.05. The van der Waals surface area contributed by atoms with E-state index in [1.807, 2.05) is 6.08 Å². The van der Waals surface area contributed by atoms with Crippen LogP contribution in [0.15, 0.2) is 30.6 Å². The number of nitrogens with zero attached hydrogens (tertiary/aromatic N) is 1. The van der Waals surface area contributed by atoms with Crippen LogP contribution < -0.4 is 20.8 Å². The van der Waals surface area contributed by atoms with Gasteiger partial charge in [-0.05, 0) is 23.4 Å². The lowest BCUT2D eigenvalue weighted by molar-refractivity contribution is 0.0606. The predicted molar refractivity (Wildman–Crippen MR) is 98.3 cm³/mol. The van der Waals surface area contributed by atoms with Crippen LogP contribution in [0.25, 0.3) is 12.7 Å². The second-order valence-corrected chi connectivity index (χ2v) is 5.96. The number of nitrogen functional groups attached to an aromatic ring is 1. The molecule has 0 radical (unpaired) electrons. The predicted octanol–water partition coefficient (Wildman–Crippen LogP) is 0.878. The minimum atomic E-state index is -0.334. The molecule has 0 fully saturated rings. The molecule has 2 aromatic heterocycles. The summed E-state index contributed by atoms with van der Waals surface area (Å²) in [4.78, 5) is 22.0. The van der Waals surface area contributed by atoms with Gasteiger partial charge in [0.25, 0.3) is 0 Å². The zero-order chi connectivity index (χ0) is 18.3. The number of esters is 1. The van der Waals surface area contributed by atoms with Crippen molar-refractivity contribution in [2.45, 2.75) is 0 Å². The van der Waals surface area contributed by atoms with E-state index >= 15 is 0 Å². The summed E-state index contributed by atoms with van der Waals surface area (Å²) in [6.07, 6.45) is 4.31. The Balaban J connectivity index is 0.000000272. The number of hydrogen-bond donors (Lipinski definition) is 2. The molecular weight excluding hydrogens is 326 g/mol. The van der Waals surface area contributed by atoms with E-state index in [-0.39, 0.29) is 5.97 Å². The number of aryl methyl sites for hydroxylation is 1. The fraction of sp³-hybridized carbons (Fsp3) is 0.176. The number of rotatable bonds is 4. The molecule has 0 aromatic carbocycles. The minimum Gasteiger partial charge on any atom is -0.465 e. The van der Waals surface area contributed by atoms with Gasteiger partial charge in [-0.25, -0.2) is 4.79 Å². The van der Waals surface area contributed by atoms with Gasteiger partial charge in [0.1, 0.15) is 4.88 Å². The molecule has 0 atom stereocenters. The molecule has 3 N–H and O–H groups in total. The number of thiophene rings is 1. The summed E-state index contributed by atoms with van der Waals surface area (Å²) in [6.45, 7) is 7.63. The van der Waals surface area contributed by atoms with E-state index in [9.17, 15) is 9.59 Å². The third-order valence-corrected chi connectivity index (χ3v) is 4.05. The number of allylic oxidation sites excluding steroid dienone is 1. The number of nitrogens with two attached hydrogens (primary N) is 1. The molecule has 7 heteroatoms. The van der Waals surface area contributed by atoms with Crippen LogP contribution in [0.4, 0.5) is 5.69 Å². The molecule has 0 bridgehead atoms. The van der Waals surface area contributed by atoms with Gasteiger partial charge in [0.15, 0.2) is 6.29 Å². The van der Waals surface area contributed by atoms with Crippen molar-refractivity contribution in [2.24, 2.45) is 7.05 Å². The van der Waals surface area contributed by atoms with Crippen LogP contribution in [0.3, 0.4) is 0 Å². The molecular formula is C17H21N3O3S. The maximum absolute atomic E-state index is 11.2. The Morgan fingerprint density at radius 3 is 2.54 bits per heavy atom. The van der Waals surface area contributed by atoms with Crippen molar-refractivity contribution in [3.8, 4) is 0 Å². The SMILES string of the molecule is C=C(/C=c1/cc(C(=O)OC)sc1=C)NC.Cn1cc(N)cc1C=O. The van der Waals surface area contributed by atoms with E-state index < -0.39 is 0 Å². The van der Waals surface area contributed by atoms with Crippen molar-refractivity contribution in [3.05, 3.63) is 50.9 Å². The number of methoxy groups -OCH3 is 1. The maximum Gasteiger partial charge on any atom is 0.348 e. The monoisotopic (exact) mass is 347 g/mol. The lowest BCUT2D eigenvalue weighted by Crippen LogP contribution is -2.17. The van der Waals surface area contributed by atoms with E-state index in [0.717, 1.165) is 21.7 Å². The number of carbonyl (C=O) groups excluding carboxylic acids is 2. The van der Waals surface area contributed by atoms with Crippen LogP contribution in [0, 0.1) is 0 Å². The first-order valence-electron chi connectivity index (χ1n) is 6.94. The molecule has 0 aliphatic heterocycles. The summed E-state index contributed by atoms with van der Waals surface area (Å²) in [5, 5.41) is 3.79. The summed E-state index contributed by atoms with van der Waals surface area (Å²) < 4.78 is 7.14. The van der Waals surface area contributed by atoms with Crippen molar-refractivity contribution < 1.29 is 14.3 Å². The summed E-state index contributed by atoms with van der Waals surface area (Å²) >= 11 is 1.31. The Kier molecular flexibility index (Phi) is 7.00. The first-order valence-corrected chi connectivity index (χ1v) is 7.76. The van der Waals surface area contributed by atoms with Gasteiger partial charge in [0.2, 0.25) is 0 Å². The number of carbonyl (C=O) groups is 2. The van der Waals surface area contributed by atoms with E-state index in [2.05, 4.69) is 23.2 Å². The van der Waals surface area contributed by atoms with Crippen LogP contribution in [-0.2, 0) is 11.8 Å². The standard InChI is InChI=1S/C11H13NO2S.C6H8N2O/c1-7(12-3)5-9-6-10(11(13)14-4)15-8(9)2;1-8-3-5(7)2-6(8)4-9/h5-6,12H,1-2H2,3-4H3;2-4H,7H2,1H3/b9-5-;. The van der Waals surface area contributed by atoms with Gasteiger partial charge in [-0.1, -0.05) is 13.2 Å². The summed E-state index contributed by atoms with van der Waals surface area (Å²) in [5.74, 6) is -0.334. The topological polar surface area (TPSA) is 86.3 Å². The number of nitrogens with one attached hydrogen (secondary N) is 1. The summed E-state index contributed by atoms with van der Waals surface area (Å²) in [5.41, 5.74) is 7.38. The first-order chi connectivity index (χ1) is 11.3. The Labute approximate surface area is 144 Å². The highest BCUT2D eigenvalue weighted by molar-refractivity contribution is 7.11. The Hall–Kier alpha value is -2.80. The molecule has 2 aromatic rings. The third-order valence-electron chi connectivity index (χ3n) is 3.06. The van der Waals surface area contributed by atoms with Gasteiger partial charge in [0.05, 0.1) is 18.5 Å². The zero-order valence-corrected chi connectivity index (χ0v) is 14.8. The van der Waals surface area contributed by atoms with Crippen molar-refractivity contribution >= 4 is 41.9 Å². The Bertz CT molecular complexity index is 849. The van der Waals surface area contributed by atoms with Gasteiger partial charge in [0, 0.05) is 30.5 Å². The summed E-state index contributed by atoms with van der Waals surface area (Å²) in [7, 11) is 4.93. The van der Waals surface area contributed by atoms with Crippen LogP contribution >= 0.6 is 11.3 Å². The lowest BCUT2D eigenvalue weighted by atomic mass is 10.3. The van der Waals surface area contributed by atoms with Gasteiger partial charge >= 0.3 is 5.97 Å². The number of anilines is 1. The fourth-order valence-electron chi connectivity index (χ4n) is 1.75. The molecule has 0 aliphatic rings. The molecule has 6 nitrogen and oxygen atoms in total. The minimum absolute atomic E-state index is 0.334. The van der Waals surface area contributed by atoms with Gasteiger partial charge < -0.3 is 20.4 Å². The number of hydrogen-bond acceptors (Lipinski definition) is 6. The molecule has 2 rings (SSSR count). The Morgan fingerprint density at radius 1 is 1.46 bits per heavy atom. The highest BCUT2D eigenvalue weighted by atomic mass is 32.1. The molecule has 0 unspecified atom stereocenters. The quantitative estimate of drug-likeness (QED) is 0.633. The largest absolute Gasteiger partial charge is 0.465 e. The van der Waals surface area contributed by atoms with E-state index in [4.69, 9.17) is 5.73 Å². The average Bonchev–Trinajstić information content (AvgIpc) is 3.08. The molecule has 24 heavy (non-hydrogen) atoms. The molecule has 2 heterocycles. The van der Waals surface area contributed by atoms with Gasteiger partial charge in [-0.2, -0.15) is 0 Å². The number of aromatic nitrogens is 1. The normalized spacial score (nSPS) is 10.5. The average molecular weight is 347 g/mol. The molecule has 0 aliphatic carbocycles. The van der Waals surface area contributed by atoms with Crippen LogP contribution in [-0.4, -0.2) is 31.0 Å². The van der Waals surface area contributed by atoms with Crippen LogP contribution in [0.1, 0.15) is 20.2 Å². The van der Waals surface area contributed by atoms with E-state index in [0.29, 0.717) is 16.3 Å². The zero-order valence-electron chi connectivity index (χ0n) is 14.0. The summed E-state index contributed by atoms with van der Waals surface area (Å²) in [6, 6.07) is 3.38. The lowest BCUT2D eigenvalue weighted by Gasteiger charge is -1.93. The van der Waals surface area contributed by atoms with Crippen molar-refractivity contribution in [2.75, 3.05) is 19.9 Å². The number of aldehydes is 1. The molecule has 0 saturated heterocycles. The maximum atomic E-state index is 11.2. The Morgan fingerprint density at radius 2 is 2.12 bits per heavy atom. The van der Waals surface area contributed by atoms with Crippen molar-refractivity contribution in [1.29, 1.82) is 0 Å². The van der Waals surface area contributed by atoms with E-state index in [1.165, 1.54) is 18.4 Å². The van der Waals surface area contributed by atoms with Crippen molar-refractivity contribution in [3.63, 3.8) is 0 Å². The molecule has 0 saturated carbocycles.